The predicted octanol–water partition coefficient (Wildman–Crippen LogP) is 3.48. The highest BCUT2D eigenvalue weighted by atomic mass is 32.1. The first-order valence-electron chi connectivity index (χ1n) is 12.9. The van der Waals surface area contributed by atoms with E-state index in [1.807, 2.05) is 6.92 Å². The minimum absolute atomic E-state index is 0.145. The molecule has 0 aliphatic carbocycles. The first-order valence-corrected chi connectivity index (χ1v) is 13.7. The van der Waals surface area contributed by atoms with E-state index in [4.69, 9.17) is 23.7 Å². The summed E-state index contributed by atoms with van der Waals surface area (Å²) in [7, 11) is 2.85. The molecule has 0 bridgehead atoms. The van der Waals surface area contributed by atoms with Crippen molar-refractivity contribution < 1.29 is 33.6 Å². The number of hydrogen-bond donors (Lipinski definition) is 1. The molecule has 1 aromatic heterocycles. The lowest BCUT2D eigenvalue weighted by Crippen LogP contribution is -2.40. The van der Waals surface area contributed by atoms with E-state index in [2.05, 4.69) is 11.6 Å². The number of carbonyl (C=O) groups is 1. The van der Waals surface area contributed by atoms with Gasteiger partial charge in [-0.25, -0.2) is 9.79 Å². The number of allylic oxidation sites excluding steroid dienone is 1. The third-order valence-electron chi connectivity index (χ3n) is 6.26. The number of esters is 1. The summed E-state index contributed by atoms with van der Waals surface area (Å²) >= 11 is 1.18. The van der Waals surface area contributed by atoms with Crippen molar-refractivity contribution in [2.45, 2.75) is 26.8 Å². The summed E-state index contributed by atoms with van der Waals surface area (Å²) < 4.78 is 29.3. The minimum atomic E-state index is -0.830. The van der Waals surface area contributed by atoms with Gasteiger partial charge in [0, 0.05) is 0 Å². The average Bonchev–Trinajstić information content (AvgIpc) is 3.26. The van der Waals surface area contributed by atoms with Gasteiger partial charge in [0.2, 0.25) is 5.75 Å². The minimum Gasteiger partial charge on any atom is -0.502 e. The third kappa shape index (κ3) is 5.85. The molecule has 2 heterocycles. The van der Waals surface area contributed by atoms with Crippen LogP contribution in [0.15, 0.2) is 64.0 Å². The molecule has 10 nitrogen and oxygen atoms in total. The van der Waals surface area contributed by atoms with Crippen LogP contribution < -0.4 is 33.8 Å². The average molecular weight is 581 g/mol. The van der Waals surface area contributed by atoms with Crippen LogP contribution >= 0.6 is 11.3 Å². The summed E-state index contributed by atoms with van der Waals surface area (Å²) in [6, 6.07) is 7.66. The van der Waals surface area contributed by atoms with E-state index >= 15 is 0 Å². The van der Waals surface area contributed by atoms with E-state index in [1.54, 1.807) is 56.3 Å². The quantitative estimate of drug-likeness (QED) is 0.271. The molecule has 4 rings (SSSR count). The number of phenolic OH excluding ortho intramolecular Hbond substituents is 1. The molecule has 216 valence electrons. The Bertz CT molecular complexity index is 1660. The number of aromatic nitrogens is 1. The molecule has 0 saturated heterocycles. The molecule has 0 spiro atoms. The van der Waals surface area contributed by atoms with Gasteiger partial charge in [-0.1, -0.05) is 30.1 Å². The van der Waals surface area contributed by atoms with Crippen molar-refractivity contribution in [3.05, 3.63) is 85.1 Å². The first kappa shape index (κ1) is 29.5. The summed E-state index contributed by atoms with van der Waals surface area (Å²) in [6.45, 7) is 9.82. The molecule has 41 heavy (non-hydrogen) atoms. The Kier molecular flexibility index (Phi) is 9.18. The molecule has 0 radical (unpaired) electrons. The molecular weight excluding hydrogens is 548 g/mol. The maximum Gasteiger partial charge on any atom is 0.338 e. The van der Waals surface area contributed by atoms with Crippen molar-refractivity contribution in [1.29, 1.82) is 0 Å². The SMILES string of the molecule is C=CCOc1ccc([C@@H]2C(C(=O)OCC)=C(C)N=c3s/c(=C\c4cc(OC)c(O)c(OC)c4)c(=O)n32)cc1OCC. The number of ether oxygens (including phenoxy) is 5. The zero-order valence-corrected chi connectivity index (χ0v) is 24.4. The summed E-state index contributed by atoms with van der Waals surface area (Å²) in [5, 5.41) is 10.3. The van der Waals surface area contributed by atoms with Gasteiger partial charge in [-0.05, 0) is 62.2 Å². The van der Waals surface area contributed by atoms with Crippen LogP contribution in [-0.2, 0) is 9.53 Å². The van der Waals surface area contributed by atoms with E-state index in [1.165, 1.54) is 30.1 Å². The van der Waals surface area contributed by atoms with Gasteiger partial charge in [0.25, 0.3) is 5.56 Å². The van der Waals surface area contributed by atoms with Gasteiger partial charge in [0.15, 0.2) is 27.8 Å². The first-order chi connectivity index (χ1) is 19.8. The van der Waals surface area contributed by atoms with Crippen LogP contribution in [0.1, 0.15) is 37.9 Å². The lowest BCUT2D eigenvalue weighted by Gasteiger charge is -2.25. The molecule has 0 saturated carbocycles. The number of fused-ring (bicyclic) bond motifs is 1. The maximum atomic E-state index is 14.0. The van der Waals surface area contributed by atoms with Crippen molar-refractivity contribution in [3.63, 3.8) is 0 Å². The van der Waals surface area contributed by atoms with Gasteiger partial charge in [-0.15, -0.1) is 0 Å². The number of rotatable bonds is 11. The Hall–Kier alpha value is -4.51. The van der Waals surface area contributed by atoms with Crippen molar-refractivity contribution in [1.82, 2.24) is 4.57 Å². The molecule has 0 unspecified atom stereocenters. The predicted molar refractivity (Wildman–Crippen MR) is 155 cm³/mol. The largest absolute Gasteiger partial charge is 0.502 e. The highest BCUT2D eigenvalue weighted by Crippen LogP contribution is 2.38. The van der Waals surface area contributed by atoms with Crippen molar-refractivity contribution in [2.75, 3.05) is 34.0 Å². The second-order valence-corrected chi connectivity index (χ2v) is 9.82. The number of carbonyl (C=O) groups excluding carboxylic acids is 1. The number of methoxy groups -OCH3 is 2. The van der Waals surface area contributed by atoms with Gasteiger partial charge in [0.05, 0.1) is 49.3 Å². The summed E-state index contributed by atoms with van der Waals surface area (Å²) in [4.78, 5) is 32.2. The molecule has 1 N–H and O–H groups in total. The fourth-order valence-electron chi connectivity index (χ4n) is 4.49. The zero-order valence-electron chi connectivity index (χ0n) is 23.6. The van der Waals surface area contributed by atoms with Gasteiger partial charge in [0.1, 0.15) is 6.61 Å². The second kappa shape index (κ2) is 12.8. The maximum absolute atomic E-state index is 14.0. The van der Waals surface area contributed by atoms with E-state index in [0.29, 0.717) is 44.3 Å². The Morgan fingerprint density at radius 2 is 1.78 bits per heavy atom. The standard InChI is InChI=1S/C30H32N2O8S/c1-7-12-40-20-11-10-19(16-21(20)38-8-2)26-25(29(35)39-9-3)17(4)31-30-32(26)28(34)24(41-30)15-18-13-22(36-5)27(33)23(14-18)37-6/h7,10-11,13-16,26,33H,1,8-9,12H2,2-6H3/b24-15-/t26-/m1/s1. The molecule has 2 aromatic carbocycles. The lowest BCUT2D eigenvalue weighted by molar-refractivity contribution is -0.139. The van der Waals surface area contributed by atoms with Crippen LogP contribution in [0.2, 0.25) is 0 Å². The molecule has 0 amide bonds. The van der Waals surface area contributed by atoms with Gasteiger partial charge in [-0.2, -0.15) is 0 Å². The van der Waals surface area contributed by atoms with Crippen molar-refractivity contribution in [2.24, 2.45) is 4.99 Å². The van der Waals surface area contributed by atoms with Gasteiger partial charge in [-0.3, -0.25) is 9.36 Å². The van der Waals surface area contributed by atoms with E-state index in [-0.39, 0.29) is 41.6 Å². The molecule has 1 atom stereocenters. The van der Waals surface area contributed by atoms with E-state index in [9.17, 15) is 14.7 Å². The Labute approximate surface area is 241 Å². The lowest BCUT2D eigenvalue weighted by atomic mass is 9.95. The Morgan fingerprint density at radius 3 is 2.39 bits per heavy atom. The van der Waals surface area contributed by atoms with Crippen LogP contribution in [0.25, 0.3) is 6.08 Å². The number of thiazole rings is 1. The molecule has 11 heteroatoms. The molecule has 1 aliphatic rings. The normalized spacial score (nSPS) is 14.7. The smallest absolute Gasteiger partial charge is 0.338 e. The summed E-state index contributed by atoms with van der Waals surface area (Å²) in [6.07, 6.45) is 3.29. The van der Waals surface area contributed by atoms with Crippen molar-refractivity contribution >= 4 is 23.4 Å². The third-order valence-corrected chi connectivity index (χ3v) is 7.24. The number of aromatic hydroxyl groups is 1. The summed E-state index contributed by atoms with van der Waals surface area (Å²) in [5.41, 5.74) is 1.53. The van der Waals surface area contributed by atoms with Crippen LogP contribution in [-0.4, -0.2) is 49.7 Å². The Balaban J connectivity index is 1.95. The van der Waals surface area contributed by atoms with Crippen LogP contribution in [0.5, 0.6) is 28.7 Å². The van der Waals surface area contributed by atoms with Crippen LogP contribution in [0, 0.1) is 0 Å². The van der Waals surface area contributed by atoms with Crippen LogP contribution in [0.4, 0.5) is 0 Å². The molecular formula is C30H32N2O8S. The van der Waals surface area contributed by atoms with E-state index < -0.39 is 12.0 Å². The Morgan fingerprint density at radius 1 is 1.07 bits per heavy atom. The topological polar surface area (TPSA) is 118 Å². The highest BCUT2D eigenvalue weighted by molar-refractivity contribution is 7.07. The number of benzene rings is 2. The number of nitrogens with zero attached hydrogens (tertiary/aromatic N) is 2. The van der Waals surface area contributed by atoms with Crippen molar-refractivity contribution in [3.8, 4) is 28.7 Å². The molecule has 0 fully saturated rings. The highest BCUT2D eigenvalue weighted by Gasteiger charge is 2.34. The van der Waals surface area contributed by atoms with Gasteiger partial charge < -0.3 is 28.8 Å². The second-order valence-electron chi connectivity index (χ2n) is 8.82. The number of phenols is 1. The fraction of sp³-hybridized carbons (Fsp3) is 0.300. The van der Waals surface area contributed by atoms with E-state index in [0.717, 1.165) is 0 Å². The zero-order chi connectivity index (χ0) is 29.7. The molecule has 1 aliphatic heterocycles. The number of hydrogen-bond acceptors (Lipinski definition) is 10. The van der Waals surface area contributed by atoms with Gasteiger partial charge >= 0.3 is 5.97 Å². The van der Waals surface area contributed by atoms with Crippen LogP contribution in [0.3, 0.4) is 0 Å². The summed E-state index contributed by atoms with van der Waals surface area (Å²) in [5.74, 6) is 0.666. The monoisotopic (exact) mass is 580 g/mol. The molecule has 3 aromatic rings. The fourth-order valence-corrected chi connectivity index (χ4v) is 5.53.